The van der Waals surface area contributed by atoms with E-state index in [0.717, 1.165) is 30.6 Å². The van der Waals surface area contributed by atoms with E-state index in [0.29, 0.717) is 30.0 Å². The molecule has 30 heavy (non-hydrogen) atoms. The van der Waals surface area contributed by atoms with Gasteiger partial charge in [0.25, 0.3) is 11.8 Å². The number of hydrogen-bond donors (Lipinski definition) is 1. The van der Waals surface area contributed by atoms with Crippen molar-refractivity contribution in [2.75, 3.05) is 13.1 Å². The predicted octanol–water partition coefficient (Wildman–Crippen LogP) is 3.67. The van der Waals surface area contributed by atoms with Crippen LogP contribution in [0.2, 0.25) is 0 Å². The van der Waals surface area contributed by atoms with Gasteiger partial charge in [0, 0.05) is 37.3 Å². The number of rotatable bonds is 3. The Balaban J connectivity index is 1.33. The summed E-state index contributed by atoms with van der Waals surface area (Å²) in [5, 5.41) is 7.13. The molecular weight excluding hydrogens is 396 g/mol. The Hall–Kier alpha value is -2.15. The molecule has 0 aromatic carbocycles. The summed E-state index contributed by atoms with van der Waals surface area (Å²) in [4.78, 5) is 29.6. The number of likely N-dealkylation sites (tertiary alicyclic amines) is 1. The quantitative estimate of drug-likeness (QED) is 0.811. The van der Waals surface area contributed by atoms with Gasteiger partial charge in [0.1, 0.15) is 0 Å². The molecule has 1 atom stereocenters. The van der Waals surface area contributed by atoms with E-state index in [1.54, 1.807) is 35.5 Å². The number of thiophene rings is 1. The molecule has 3 heterocycles. The maximum atomic E-state index is 13.1. The lowest BCUT2D eigenvalue weighted by Crippen LogP contribution is -2.46. The first-order chi connectivity index (χ1) is 14.2. The predicted molar refractivity (Wildman–Crippen MR) is 119 cm³/mol. The summed E-state index contributed by atoms with van der Waals surface area (Å²) < 4.78 is 1.63. The molecule has 2 amide bonds. The Kier molecular flexibility index (Phi) is 5.75. The SMILES string of the molecule is Cn1cc(C(=O)NC2CCN(C(=O)c3cc4c(s3)CC[C@H](C(C)(C)C)C4)CC2)cn1. The maximum absolute atomic E-state index is 13.1. The van der Waals surface area contributed by atoms with Crippen LogP contribution in [0.3, 0.4) is 0 Å². The summed E-state index contributed by atoms with van der Waals surface area (Å²) in [5.41, 5.74) is 2.27. The van der Waals surface area contributed by atoms with Gasteiger partial charge in [-0.25, -0.2) is 0 Å². The lowest BCUT2D eigenvalue weighted by molar-refractivity contribution is 0.0702. The third kappa shape index (κ3) is 4.46. The molecule has 1 N–H and O–H groups in total. The van der Waals surface area contributed by atoms with E-state index < -0.39 is 0 Å². The average molecular weight is 429 g/mol. The molecule has 7 heteroatoms. The van der Waals surface area contributed by atoms with Gasteiger partial charge in [0.2, 0.25) is 0 Å². The third-order valence-electron chi connectivity index (χ3n) is 6.60. The van der Waals surface area contributed by atoms with E-state index in [1.807, 2.05) is 4.90 Å². The van der Waals surface area contributed by atoms with Crippen LogP contribution in [0.15, 0.2) is 18.5 Å². The van der Waals surface area contributed by atoms with Crippen molar-refractivity contribution >= 4 is 23.2 Å². The molecule has 1 saturated heterocycles. The van der Waals surface area contributed by atoms with Gasteiger partial charge in [-0.2, -0.15) is 5.10 Å². The first kappa shape index (κ1) is 21.1. The molecule has 1 aliphatic carbocycles. The number of amides is 2. The number of aromatic nitrogens is 2. The summed E-state index contributed by atoms with van der Waals surface area (Å²) in [6, 6.07) is 2.25. The van der Waals surface area contributed by atoms with Crippen molar-refractivity contribution in [3.63, 3.8) is 0 Å². The van der Waals surface area contributed by atoms with Crippen LogP contribution in [0.1, 0.15) is 70.5 Å². The van der Waals surface area contributed by atoms with Gasteiger partial charge in [-0.1, -0.05) is 20.8 Å². The van der Waals surface area contributed by atoms with Gasteiger partial charge in [0.15, 0.2) is 0 Å². The third-order valence-corrected chi connectivity index (χ3v) is 7.83. The number of carbonyl (C=O) groups is 2. The highest BCUT2D eigenvalue weighted by Crippen LogP contribution is 2.40. The lowest BCUT2D eigenvalue weighted by Gasteiger charge is -2.33. The second-order valence-corrected chi connectivity index (χ2v) is 10.9. The van der Waals surface area contributed by atoms with Crippen molar-refractivity contribution in [1.29, 1.82) is 0 Å². The second-order valence-electron chi connectivity index (χ2n) is 9.81. The normalized spacial score (nSPS) is 20.1. The summed E-state index contributed by atoms with van der Waals surface area (Å²) in [5.74, 6) is 0.743. The molecule has 0 bridgehead atoms. The highest BCUT2D eigenvalue weighted by Gasteiger charge is 2.32. The minimum Gasteiger partial charge on any atom is -0.349 e. The van der Waals surface area contributed by atoms with Gasteiger partial charge in [-0.3, -0.25) is 14.3 Å². The summed E-state index contributed by atoms with van der Waals surface area (Å²) in [7, 11) is 1.80. The number of carbonyl (C=O) groups excluding carboxylic acids is 2. The minimum atomic E-state index is -0.0905. The summed E-state index contributed by atoms with van der Waals surface area (Å²) in [6.45, 7) is 8.32. The molecule has 2 aromatic rings. The first-order valence-electron chi connectivity index (χ1n) is 10.9. The number of nitrogens with zero attached hydrogens (tertiary/aromatic N) is 3. The van der Waals surface area contributed by atoms with Crippen LogP contribution in [-0.4, -0.2) is 45.6 Å². The van der Waals surface area contributed by atoms with Crippen LogP contribution >= 0.6 is 11.3 Å². The Morgan fingerprint density at radius 3 is 2.57 bits per heavy atom. The Morgan fingerprint density at radius 2 is 1.93 bits per heavy atom. The summed E-state index contributed by atoms with van der Waals surface area (Å²) >= 11 is 1.69. The molecule has 162 valence electrons. The monoisotopic (exact) mass is 428 g/mol. The maximum Gasteiger partial charge on any atom is 0.263 e. The van der Waals surface area contributed by atoms with Crippen molar-refractivity contribution in [1.82, 2.24) is 20.0 Å². The average Bonchev–Trinajstić information content (AvgIpc) is 3.33. The second kappa shape index (κ2) is 8.17. The van der Waals surface area contributed by atoms with E-state index in [9.17, 15) is 9.59 Å². The molecule has 1 fully saturated rings. The zero-order chi connectivity index (χ0) is 21.5. The van der Waals surface area contributed by atoms with Crippen LogP contribution < -0.4 is 5.32 Å². The Bertz CT molecular complexity index is 931. The Labute approximate surface area is 182 Å². The largest absolute Gasteiger partial charge is 0.349 e. The van der Waals surface area contributed by atoms with E-state index in [2.05, 4.69) is 37.3 Å². The van der Waals surface area contributed by atoms with E-state index in [1.165, 1.54) is 16.9 Å². The lowest BCUT2D eigenvalue weighted by atomic mass is 9.72. The molecule has 0 saturated carbocycles. The van der Waals surface area contributed by atoms with E-state index >= 15 is 0 Å². The van der Waals surface area contributed by atoms with Crippen LogP contribution in [0.5, 0.6) is 0 Å². The van der Waals surface area contributed by atoms with Crippen LogP contribution in [0, 0.1) is 11.3 Å². The number of hydrogen-bond acceptors (Lipinski definition) is 4. The Morgan fingerprint density at radius 1 is 1.20 bits per heavy atom. The fraction of sp³-hybridized carbons (Fsp3) is 0.609. The van der Waals surface area contributed by atoms with Crippen molar-refractivity contribution < 1.29 is 9.59 Å². The molecule has 2 aliphatic rings. The summed E-state index contributed by atoms with van der Waals surface area (Å²) in [6.07, 6.45) is 8.27. The van der Waals surface area contributed by atoms with Crippen molar-refractivity contribution in [2.45, 2.75) is 58.9 Å². The van der Waals surface area contributed by atoms with Crippen LogP contribution in [-0.2, 0) is 19.9 Å². The van der Waals surface area contributed by atoms with Gasteiger partial charge in [-0.15, -0.1) is 11.3 Å². The fourth-order valence-corrected chi connectivity index (χ4v) is 5.73. The minimum absolute atomic E-state index is 0.0905. The number of piperidine rings is 1. The zero-order valence-corrected chi connectivity index (χ0v) is 19.2. The van der Waals surface area contributed by atoms with Gasteiger partial charge in [0.05, 0.1) is 16.6 Å². The molecule has 6 nitrogen and oxygen atoms in total. The van der Waals surface area contributed by atoms with Crippen molar-refractivity contribution in [2.24, 2.45) is 18.4 Å². The van der Waals surface area contributed by atoms with Gasteiger partial charge in [-0.05, 0) is 55.1 Å². The molecule has 1 aliphatic heterocycles. The topological polar surface area (TPSA) is 67.2 Å². The van der Waals surface area contributed by atoms with Gasteiger partial charge >= 0.3 is 0 Å². The number of aryl methyl sites for hydroxylation is 2. The molecular formula is C23H32N4O2S. The standard InChI is InChI=1S/C23H32N4O2S/c1-23(2,3)17-5-6-19-15(11-17)12-20(30-19)22(29)27-9-7-18(8-10-27)25-21(28)16-13-24-26(4)14-16/h12-14,17-18H,5-11H2,1-4H3,(H,25,28)/t17-/m0/s1. The highest BCUT2D eigenvalue weighted by atomic mass is 32.1. The van der Waals surface area contributed by atoms with Gasteiger partial charge < -0.3 is 10.2 Å². The van der Waals surface area contributed by atoms with Crippen LogP contribution in [0.4, 0.5) is 0 Å². The fourth-order valence-electron chi connectivity index (χ4n) is 4.56. The van der Waals surface area contributed by atoms with E-state index in [-0.39, 0.29) is 17.9 Å². The number of fused-ring (bicyclic) bond motifs is 1. The molecule has 0 spiro atoms. The molecule has 2 aromatic heterocycles. The van der Waals surface area contributed by atoms with Crippen LogP contribution in [0.25, 0.3) is 0 Å². The smallest absolute Gasteiger partial charge is 0.263 e. The molecule has 0 unspecified atom stereocenters. The number of nitrogens with one attached hydrogen (secondary N) is 1. The van der Waals surface area contributed by atoms with Crippen molar-refractivity contribution in [3.8, 4) is 0 Å². The first-order valence-corrected chi connectivity index (χ1v) is 11.7. The van der Waals surface area contributed by atoms with Crippen molar-refractivity contribution in [3.05, 3.63) is 39.3 Å². The molecule has 4 rings (SSSR count). The van der Waals surface area contributed by atoms with E-state index in [4.69, 9.17) is 0 Å². The highest BCUT2D eigenvalue weighted by molar-refractivity contribution is 7.14. The zero-order valence-electron chi connectivity index (χ0n) is 18.4. The molecule has 0 radical (unpaired) electrons.